The molecule has 2 N–H and O–H groups in total. The number of nitrogens with one attached hydrogen (secondary N) is 2. The van der Waals surface area contributed by atoms with E-state index < -0.39 is 33.0 Å². The molecule has 1 aromatic heterocycles. The molecule has 5 aromatic carbocycles. The van der Waals surface area contributed by atoms with E-state index in [1.807, 2.05) is 93.2 Å². The van der Waals surface area contributed by atoms with Gasteiger partial charge in [0, 0.05) is 102 Å². The fourth-order valence-electron chi connectivity index (χ4n) is 8.87. The van der Waals surface area contributed by atoms with E-state index >= 15 is 4.39 Å². The molecule has 6 aromatic rings. The van der Waals surface area contributed by atoms with Gasteiger partial charge in [0.2, 0.25) is 0 Å². The van der Waals surface area contributed by atoms with Crippen LogP contribution < -0.4 is 25.5 Å². The van der Waals surface area contributed by atoms with Gasteiger partial charge in [-0.15, -0.1) is 11.8 Å². The number of sulfone groups is 2. The van der Waals surface area contributed by atoms with Crippen molar-refractivity contribution in [2.24, 2.45) is 0 Å². The number of aromatic nitrogens is 1. The smallest absolute Gasteiger partial charge is 0.323 e. The summed E-state index contributed by atoms with van der Waals surface area (Å²) in [4.78, 5) is 7.71. The first-order valence-corrected chi connectivity index (χ1v) is 29.4. The summed E-state index contributed by atoms with van der Waals surface area (Å²) < 4.78 is 91.4. The minimum absolute atomic E-state index is 0.0317. The Balaban J connectivity index is 1.07. The van der Waals surface area contributed by atoms with Crippen molar-refractivity contribution in [3.8, 4) is 22.4 Å². The zero-order valence-corrected chi connectivity index (χ0v) is 44.3. The summed E-state index contributed by atoms with van der Waals surface area (Å²) in [5.41, 5.74) is 5.47. The van der Waals surface area contributed by atoms with E-state index in [1.54, 1.807) is 43.0 Å². The quantitative estimate of drug-likeness (QED) is 0.0591. The first kappa shape index (κ1) is 52.0. The Hall–Kier alpha value is -4.80. The second-order valence-corrected chi connectivity index (χ2v) is 25.6. The number of piperazine rings is 1. The predicted molar refractivity (Wildman–Crippen MR) is 285 cm³/mol. The van der Waals surface area contributed by atoms with Crippen LogP contribution in [0, 0.1) is 12.7 Å². The van der Waals surface area contributed by atoms with Crippen molar-refractivity contribution in [3.63, 3.8) is 0 Å². The van der Waals surface area contributed by atoms with Crippen molar-refractivity contribution in [1.82, 2.24) is 9.47 Å². The minimum Gasteiger partial charge on any atom is -0.380 e. The maximum atomic E-state index is 15.8. The Morgan fingerprint density at radius 2 is 1.45 bits per heavy atom. The first-order valence-electron chi connectivity index (χ1n) is 22.6. The number of rotatable bonds is 19. The standard InChI is InChI=1S/C51H61ClFN6O6PS3/c1-35(2)59-36(3)51(69(8,63)64)49(50(59)37-14-16-39(52)17-15-37)38-30-40(53)32-44(31-38)58-28-26-57(27-29-58)43-20-18-41(19-21-43)55-66(60,65-6)45-22-23-47(48(33-45)68(7,61)62)54-42(24-25-56(4)5)34-67-46-12-10-9-11-13-46/h9-23,30-33,35,42,54H,24-29,34H2,1-8H3,(H,55,60)/t42-,66?/m1/s1. The normalized spacial score (nSPS) is 14.8. The fraction of sp³-hybridized carbons (Fsp3) is 0.333. The molecule has 69 heavy (non-hydrogen) atoms. The summed E-state index contributed by atoms with van der Waals surface area (Å²) in [7, 11) is -5.98. The molecule has 1 unspecified atom stereocenters. The van der Waals surface area contributed by atoms with Crippen LogP contribution in [0.2, 0.25) is 5.02 Å². The Bertz CT molecular complexity index is 3040. The molecule has 0 saturated carbocycles. The molecule has 1 fully saturated rings. The van der Waals surface area contributed by atoms with Crippen molar-refractivity contribution >= 4 is 78.6 Å². The molecule has 2 heterocycles. The van der Waals surface area contributed by atoms with E-state index in [0.717, 1.165) is 35.4 Å². The lowest BCUT2D eigenvalue weighted by atomic mass is 9.99. The molecule has 12 nitrogen and oxygen atoms in total. The van der Waals surface area contributed by atoms with E-state index in [1.165, 1.54) is 31.6 Å². The second-order valence-electron chi connectivity index (χ2n) is 18.0. The van der Waals surface area contributed by atoms with Crippen LogP contribution in [0.1, 0.15) is 32.0 Å². The Kier molecular flexibility index (Phi) is 16.3. The Morgan fingerprint density at radius 3 is 2.03 bits per heavy atom. The van der Waals surface area contributed by atoms with E-state index in [-0.39, 0.29) is 27.2 Å². The zero-order valence-electron chi connectivity index (χ0n) is 40.2. The zero-order chi connectivity index (χ0) is 49.8. The molecule has 0 aliphatic carbocycles. The van der Waals surface area contributed by atoms with Gasteiger partial charge in [0.15, 0.2) is 19.7 Å². The highest BCUT2D eigenvalue weighted by molar-refractivity contribution is 7.99. The number of nitrogens with zero attached hydrogens (tertiary/aromatic N) is 4. The maximum Gasteiger partial charge on any atom is 0.323 e. The highest BCUT2D eigenvalue weighted by atomic mass is 35.5. The number of anilines is 4. The van der Waals surface area contributed by atoms with E-state index in [0.29, 0.717) is 76.5 Å². The van der Waals surface area contributed by atoms with Crippen LogP contribution >= 0.6 is 30.9 Å². The van der Waals surface area contributed by atoms with Crippen molar-refractivity contribution in [3.05, 3.63) is 132 Å². The molecule has 7 rings (SSSR count). The number of thioether (sulfide) groups is 1. The predicted octanol–water partition coefficient (Wildman–Crippen LogP) is 10.7. The van der Waals surface area contributed by atoms with Gasteiger partial charge in [0.1, 0.15) is 5.82 Å². The summed E-state index contributed by atoms with van der Waals surface area (Å²) in [5, 5.41) is 7.30. The number of benzene rings is 5. The minimum atomic E-state index is -3.81. The molecule has 1 saturated heterocycles. The van der Waals surface area contributed by atoms with Gasteiger partial charge in [-0.3, -0.25) is 4.57 Å². The third-order valence-electron chi connectivity index (χ3n) is 12.2. The number of hydrogen-bond acceptors (Lipinski definition) is 11. The fourth-order valence-corrected chi connectivity index (χ4v) is 13.6. The molecule has 0 amide bonds. The van der Waals surface area contributed by atoms with Gasteiger partial charge in [0.25, 0.3) is 0 Å². The molecule has 18 heteroatoms. The average molecular weight is 1040 g/mol. The van der Waals surface area contributed by atoms with Crippen molar-refractivity contribution in [2.75, 3.05) is 92.4 Å². The van der Waals surface area contributed by atoms with Gasteiger partial charge in [-0.1, -0.05) is 41.9 Å². The summed E-state index contributed by atoms with van der Waals surface area (Å²) in [5.74, 6) is 0.230. The number of hydrogen-bond donors (Lipinski definition) is 2. The third-order valence-corrected chi connectivity index (χ3v) is 18.0. The maximum absolute atomic E-state index is 15.8. The van der Waals surface area contributed by atoms with Crippen LogP contribution in [0.5, 0.6) is 0 Å². The molecule has 0 spiro atoms. The highest BCUT2D eigenvalue weighted by Crippen LogP contribution is 2.47. The number of halogens is 2. The van der Waals surface area contributed by atoms with E-state index in [2.05, 4.69) is 37.2 Å². The van der Waals surface area contributed by atoms with Crippen molar-refractivity contribution < 1.29 is 30.3 Å². The summed E-state index contributed by atoms with van der Waals surface area (Å²) >= 11 is 7.96. The van der Waals surface area contributed by atoms with Crippen LogP contribution in [-0.2, 0) is 28.8 Å². The lowest BCUT2D eigenvalue weighted by molar-refractivity contribution is 0.391. The second kappa shape index (κ2) is 21.7. The van der Waals surface area contributed by atoms with E-state index in [4.69, 9.17) is 16.1 Å². The van der Waals surface area contributed by atoms with Gasteiger partial charge in [-0.05, 0) is 144 Å². The SMILES string of the molecule is COP(=O)(Nc1ccc(N2CCN(c3cc(F)cc(-c4c(S(C)(=O)=O)c(C)n(C(C)C)c4-c4ccc(Cl)cc4)c3)CC2)cc1)c1ccc(N[C@H](CCN(C)C)CSc2ccccc2)c(S(C)(=O)=O)c1. The van der Waals surface area contributed by atoms with Crippen LogP contribution in [0.25, 0.3) is 22.4 Å². The Morgan fingerprint density at radius 1 is 0.812 bits per heavy atom. The summed E-state index contributed by atoms with van der Waals surface area (Å²) in [6.07, 6.45) is 3.11. The van der Waals surface area contributed by atoms with Gasteiger partial charge >= 0.3 is 7.52 Å². The Labute approximate surface area is 416 Å². The van der Waals surface area contributed by atoms with E-state index in [9.17, 15) is 21.4 Å². The molecule has 1 aliphatic rings. The molecule has 1 aliphatic heterocycles. The molecule has 0 radical (unpaired) electrons. The van der Waals surface area contributed by atoms with Crippen LogP contribution in [0.3, 0.4) is 0 Å². The summed E-state index contributed by atoms with van der Waals surface area (Å²) in [6, 6.07) is 34.1. The topological polar surface area (TPSA) is 133 Å². The van der Waals surface area contributed by atoms with Gasteiger partial charge in [-0.2, -0.15) is 0 Å². The lowest BCUT2D eigenvalue weighted by Gasteiger charge is -2.37. The lowest BCUT2D eigenvalue weighted by Crippen LogP contribution is -2.46. The monoisotopic (exact) mass is 1030 g/mol. The summed E-state index contributed by atoms with van der Waals surface area (Å²) in [6.45, 7) is 8.92. The molecule has 0 bridgehead atoms. The van der Waals surface area contributed by atoms with Crippen LogP contribution in [0.15, 0.2) is 130 Å². The van der Waals surface area contributed by atoms with Crippen molar-refractivity contribution in [1.29, 1.82) is 0 Å². The highest BCUT2D eigenvalue weighted by Gasteiger charge is 2.32. The van der Waals surface area contributed by atoms with Gasteiger partial charge in [-0.25, -0.2) is 21.2 Å². The molecular weight excluding hydrogens is 974 g/mol. The molecule has 2 atom stereocenters. The molecule has 368 valence electrons. The van der Waals surface area contributed by atoms with Crippen LogP contribution in [-0.4, -0.2) is 105 Å². The van der Waals surface area contributed by atoms with Gasteiger partial charge < -0.3 is 34.2 Å². The van der Waals surface area contributed by atoms with Gasteiger partial charge in [0.05, 0.1) is 26.5 Å². The average Bonchev–Trinajstić information content (AvgIpc) is 3.64. The van der Waals surface area contributed by atoms with Crippen LogP contribution in [0.4, 0.5) is 27.1 Å². The third kappa shape index (κ3) is 12.4. The van der Waals surface area contributed by atoms with Crippen molar-refractivity contribution in [2.45, 2.75) is 54.0 Å². The first-order chi connectivity index (χ1) is 32.6. The molecular formula is C51H61ClFN6O6PS3. The largest absolute Gasteiger partial charge is 0.380 e.